The van der Waals surface area contributed by atoms with Crippen LogP contribution in [0.4, 0.5) is 13.2 Å². The van der Waals surface area contributed by atoms with Crippen molar-refractivity contribution in [3.05, 3.63) is 82.7 Å². The lowest BCUT2D eigenvalue weighted by atomic mass is 10.1. The van der Waals surface area contributed by atoms with Crippen LogP contribution in [0.2, 0.25) is 0 Å². The zero-order valence-electron chi connectivity index (χ0n) is 20.1. The fourth-order valence-electron chi connectivity index (χ4n) is 4.27. The number of imidazole rings is 2. The van der Waals surface area contributed by atoms with E-state index in [2.05, 4.69) is 15.0 Å². The van der Waals surface area contributed by atoms with Gasteiger partial charge in [0.2, 0.25) is 0 Å². The van der Waals surface area contributed by atoms with E-state index in [-0.39, 0.29) is 18.1 Å². The number of aryl methyl sites for hydroxylation is 1. The summed E-state index contributed by atoms with van der Waals surface area (Å²) in [6, 6.07) is 14.1. The van der Waals surface area contributed by atoms with Gasteiger partial charge in [-0.05, 0) is 23.8 Å². The molecular weight excluding hydrogens is 487 g/mol. The second kappa shape index (κ2) is 9.16. The highest BCUT2D eigenvalue weighted by Crippen LogP contribution is 2.38. The van der Waals surface area contributed by atoms with E-state index in [1.807, 2.05) is 6.07 Å². The predicted octanol–water partition coefficient (Wildman–Crippen LogP) is 4.88. The number of methoxy groups -OCH3 is 2. The molecule has 11 heteroatoms. The fourth-order valence-corrected chi connectivity index (χ4v) is 4.27. The Hall–Kier alpha value is -4.54. The van der Waals surface area contributed by atoms with Crippen LogP contribution in [0.25, 0.3) is 33.7 Å². The van der Waals surface area contributed by atoms with Crippen LogP contribution in [0.5, 0.6) is 11.5 Å². The van der Waals surface area contributed by atoms with Crippen molar-refractivity contribution in [2.45, 2.75) is 12.7 Å². The molecule has 190 valence electrons. The number of H-pyrrole nitrogens is 1. The molecule has 0 aliphatic rings. The van der Waals surface area contributed by atoms with Crippen molar-refractivity contribution >= 4 is 11.0 Å². The Kier molecular flexibility index (Phi) is 5.98. The molecule has 3 heterocycles. The molecule has 2 aromatic carbocycles. The minimum Gasteiger partial charge on any atom is -0.496 e. The standard InChI is InChI=1S/C26H22F3N5O3/c1-33-14-22(26(27,28)29)32-24(33)16-9-7-15(8-10-16)13-34-19-11-17(30-12-18(19)31-25(34)35)23-20(36-2)5-4-6-21(23)37-3/h4-12,14H,13H2,1-3H3,(H,31,35). The van der Waals surface area contributed by atoms with Crippen LogP contribution in [-0.2, 0) is 19.8 Å². The smallest absolute Gasteiger partial charge is 0.434 e. The summed E-state index contributed by atoms with van der Waals surface area (Å²) in [6.07, 6.45) is -1.98. The molecular formula is C26H22F3N5O3. The zero-order valence-corrected chi connectivity index (χ0v) is 20.1. The molecule has 0 unspecified atom stereocenters. The SMILES string of the molecule is COc1cccc(OC)c1-c1cc2c(cn1)[nH]c(=O)n2Cc1ccc(-c2nc(C(F)(F)F)cn2C)cc1. The van der Waals surface area contributed by atoms with Gasteiger partial charge in [0.15, 0.2) is 5.69 Å². The van der Waals surface area contributed by atoms with Crippen molar-refractivity contribution in [2.75, 3.05) is 14.2 Å². The van der Waals surface area contributed by atoms with Crippen LogP contribution in [0.3, 0.4) is 0 Å². The van der Waals surface area contributed by atoms with Crippen molar-refractivity contribution in [1.29, 1.82) is 0 Å². The molecule has 0 amide bonds. The number of ether oxygens (including phenoxy) is 2. The summed E-state index contributed by atoms with van der Waals surface area (Å²) >= 11 is 0. The molecule has 0 fully saturated rings. The number of nitrogens with one attached hydrogen (secondary N) is 1. The highest BCUT2D eigenvalue weighted by molar-refractivity contribution is 5.83. The third-order valence-electron chi connectivity index (χ3n) is 6.06. The zero-order chi connectivity index (χ0) is 26.3. The van der Waals surface area contributed by atoms with E-state index < -0.39 is 11.9 Å². The maximum atomic E-state index is 13.0. The van der Waals surface area contributed by atoms with E-state index in [9.17, 15) is 18.0 Å². The second-order valence-electron chi connectivity index (χ2n) is 8.40. The van der Waals surface area contributed by atoms with Gasteiger partial charge in [-0.1, -0.05) is 30.3 Å². The molecule has 0 atom stereocenters. The molecule has 0 aliphatic carbocycles. The first kappa shape index (κ1) is 24.2. The second-order valence-corrected chi connectivity index (χ2v) is 8.40. The first-order valence-corrected chi connectivity index (χ1v) is 11.2. The van der Waals surface area contributed by atoms with Gasteiger partial charge in [-0.2, -0.15) is 13.2 Å². The third kappa shape index (κ3) is 4.44. The third-order valence-corrected chi connectivity index (χ3v) is 6.06. The van der Waals surface area contributed by atoms with Crippen LogP contribution in [-0.4, -0.2) is 38.3 Å². The van der Waals surface area contributed by atoms with E-state index in [1.165, 1.54) is 11.6 Å². The number of rotatable bonds is 6. The molecule has 0 radical (unpaired) electrons. The van der Waals surface area contributed by atoms with E-state index in [4.69, 9.17) is 9.47 Å². The number of aromatic nitrogens is 5. The quantitative estimate of drug-likeness (QED) is 0.353. The minimum absolute atomic E-state index is 0.199. The van der Waals surface area contributed by atoms with Gasteiger partial charge in [-0.3, -0.25) is 9.55 Å². The summed E-state index contributed by atoms with van der Waals surface area (Å²) in [4.78, 5) is 23.8. The average molecular weight is 509 g/mol. The summed E-state index contributed by atoms with van der Waals surface area (Å²) in [5, 5.41) is 0. The van der Waals surface area contributed by atoms with E-state index >= 15 is 0 Å². The highest BCUT2D eigenvalue weighted by atomic mass is 19.4. The number of fused-ring (bicyclic) bond motifs is 1. The summed E-state index contributed by atoms with van der Waals surface area (Å²) < 4.78 is 53.0. The van der Waals surface area contributed by atoms with Crippen LogP contribution < -0.4 is 15.2 Å². The molecule has 8 nitrogen and oxygen atoms in total. The predicted molar refractivity (Wildman–Crippen MR) is 132 cm³/mol. The Labute approximate surface area is 208 Å². The van der Waals surface area contributed by atoms with Gasteiger partial charge in [0.1, 0.15) is 17.3 Å². The van der Waals surface area contributed by atoms with Crippen molar-refractivity contribution in [1.82, 2.24) is 24.1 Å². The molecule has 5 aromatic rings. The summed E-state index contributed by atoms with van der Waals surface area (Å²) in [6.45, 7) is 0.236. The number of hydrogen-bond donors (Lipinski definition) is 1. The van der Waals surface area contributed by atoms with Crippen LogP contribution in [0.15, 0.2) is 65.7 Å². The van der Waals surface area contributed by atoms with Crippen molar-refractivity contribution in [2.24, 2.45) is 7.05 Å². The van der Waals surface area contributed by atoms with Gasteiger partial charge >= 0.3 is 11.9 Å². The molecule has 5 rings (SSSR count). The number of aromatic amines is 1. The molecule has 1 N–H and O–H groups in total. The summed E-state index contributed by atoms with van der Waals surface area (Å²) in [5.41, 5.74) is 2.47. The highest BCUT2D eigenvalue weighted by Gasteiger charge is 2.34. The Morgan fingerprint density at radius 3 is 2.30 bits per heavy atom. The Morgan fingerprint density at radius 1 is 1.03 bits per heavy atom. The largest absolute Gasteiger partial charge is 0.496 e. The van der Waals surface area contributed by atoms with E-state index in [0.717, 1.165) is 11.8 Å². The Morgan fingerprint density at radius 2 is 1.70 bits per heavy atom. The lowest BCUT2D eigenvalue weighted by Crippen LogP contribution is -2.17. The maximum Gasteiger partial charge on any atom is 0.434 e. The minimum atomic E-state index is -4.52. The van der Waals surface area contributed by atoms with Crippen LogP contribution in [0, 0.1) is 0 Å². The maximum absolute atomic E-state index is 13.0. The lowest BCUT2D eigenvalue weighted by molar-refractivity contribution is -0.140. The fraction of sp³-hybridized carbons (Fsp3) is 0.192. The van der Waals surface area contributed by atoms with Gasteiger partial charge in [-0.25, -0.2) is 9.78 Å². The Balaban J connectivity index is 1.50. The van der Waals surface area contributed by atoms with Gasteiger partial charge in [-0.15, -0.1) is 0 Å². The molecule has 0 bridgehead atoms. The van der Waals surface area contributed by atoms with Gasteiger partial charge in [0, 0.05) is 18.8 Å². The average Bonchev–Trinajstić information content (AvgIpc) is 3.43. The number of hydrogen-bond acceptors (Lipinski definition) is 5. The molecule has 0 spiro atoms. The number of halogens is 3. The van der Waals surface area contributed by atoms with Crippen molar-refractivity contribution < 1.29 is 22.6 Å². The molecule has 0 aliphatic heterocycles. The van der Waals surface area contributed by atoms with Crippen LogP contribution >= 0.6 is 0 Å². The van der Waals surface area contributed by atoms with Crippen molar-refractivity contribution in [3.8, 4) is 34.1 Å². The summed E-state index contributed by atoms with van der Waals surface area (Å²) in [7, 11) is 4.63. The molecule has 0 saturated carbocycles. The van der Waals surface area contributed by atoms with E-state index in [1.54, 1.807) is 67.4 Å². The molecule has 0 saturated heterocycles. The number of alkyl halides is 3. The van der Waals surface area contributed by atoms with E-state index in [0.29, 0.717) is 39.4 Å². The Bertz CT molecular complexity index is 1630. The monoisotopic (exact) mass is 509 g/mol. The van der Waals surface area contributed by atoms with Gasteiger partial charge < -0.3 is 19.0 Å². The first-order chi connectivity index (χ1) is 17.7. The lowest BCUT2D eigenvalue weighted by Gasteiger charge is -2.13. The first-order valence-electron chi connectivity index (χ1n) is 11.2. The normalized spacial score (nSPS) is 11.7. The molecule has 37 heavy (non-hydrogen) atoms. The van der Waals surface area contributed by atoms with Crippen molar-refractivity contribution in [3.63, 3.8) is 0 Å². The molecule has 3 aromatic heterocycles. The summed E-state index contributed by atoms with van der Waals surface area (Å²) in [5.74, 6) is 1.35. The van der Waals surface area contributed by atoms with Gasteiger partial charge in [0.05, 0.1) is 49.3 Å². The number of benzene rings is 2. The van der Waals surface area contributed by atoms with Crippen LogP contribution in [0.1, 0.15) is 11.3 Å². The number of nitrogens with zero attached hydrogens (tertiary/aromatic N) is 4. The topological polar surface area (TPSA) is 87.0 Å². The van der Waals surface area contributed by atoms with Gasteiger partial charge in [0.25, 0.3) is 0 Å². The number of pyridine rings is 1.